The van der Waals surface area contributed by atoms with E-state index in [9.17, 15) is 4.79 Å². The highest BCUT2D eigenvalue weighted by Crippen LogP contribution is 2.05. The number of rotatable bonds is 2. The number of Topliss-reactive ketones (excluding diaryl/α,β-unsaturated/α-hetero) is 1. The van der Waals surface area contributed by atoms with Crippen LogP contribution in [0.3, 0.4) is 0 Å². The fraction of sp³-hybridized carbons (Fsp3) is 0.125. The standard InChI is InChI=1S/C8H6BrO/c9-6-8(10)7-4-2-1-3-5-7/h2-5H,6H2/q+1. The van der Waals surface area contributed by atoms with Gasteiger partial charge in [-0.2, -0.15) is 0 Å². The molecule has 0 aromatic carbocycles. The van der Waals surface area contributed by atoms with E-state index in [1.54, 1.807) is 24.3 Å². The summed E-state index contributed by atoms with van der Waals surface area (Å²) in [6, 6.07) is 0. The summed E-state index contributed by atoms with van der Waals surface area (Å²) < 4.78 is 0. The molecule has 0 spiro atoms. The monoisotopic (exact) mass is 197 g/mol. The maximum absolute atomic E-state index is 11.0. The summed E-state index contributed by atoms with van der Waals surface area (Å²) in [6.45, 7) is 0. The molecular weight excluding hydrogens is 192 g/mol. The van der Waals surface area contributed by atoms with Crippen molar-refractivity contribution in [3.8, 4) is 0 Å². The average molecular weight is 198 g/mol. The smallest absolute Gasteiger partial charge is 0.199 e. The van der Waals surface area contributed by atoms with E-state index in [0.29, 0.717) is 5.33 Å². The Labute approximate surface area is 68.2 Å². The summed E-state index contributed by atoms with van der Waals surface area (Å²) in [5.41, 5.74) is 0.732. The van der Waals surface area contributed by atoms with E-state index < -0.39 is 0 Å². The molecule has 1 aliphatic rings. The molecule has 0 bridgehead atoms. The summed E-state index contributed by atoms with van der Waals surface area (Å²) in [5, 5.41) is 0.386. The lowest BCUT2D eigenvalue weighted by Crippen LogP contribution is -2.01. The number of ketones is 1. The Morgan fingerprint density at radius 3 is 3.00 bits per heavy atom. The Kier molecular flexibility index (Phi) is 2.55. The molecule has 0 unspecified atom stereocenters. The number of alkyl halides is 1. The summed E-state index contributed by atoms with van der Waals surface area (Å²) in [7, 11) is 0. The van der Waals surface area contributed by atoms with Crippen molar-refractivity contribution in [2.75, 3.05) is 5.33 Å². The molecule has 0 fully saturated rings. The normalized spacial score (nSPS) is 14.3. The molecule has 10 heavy (non-hydrogen) atoms. The zero-order valence-electron chi connectivity index (χ0n) is 5.30. The van der Waals surface area contributed by atoms with Crippen molar-refractivity contribution < 1.29 is 4.79 Å². The predicted molar refractivity (Wildman–Crippen MR) is 43.8 cm³/mol. The summed E-state index contributed by atoms with van der Waals surface area (Å²) in [6.07, 6.45) is 9.82. The van der Waals surface area contributed by atoms with Gasteiger partial charge in [0.1, 0.15) is 17.7 Å². The molecule has 0 heterocycles. The fourth-order valence-electron chi connectivity index (χ4n) is 0.650. The van der Waals surface area contributed by atoms with Gasteiger partial charge in [0.2, 0.25) is 0 Å². The first kappa shape index (κ1) is 7.39. The highest BCUT2D eigenvalue weighted by molar-refractivity contribution is 9.09. The van der Waals surface area contributed by atoms with E-state index in [2.05, 4.69) is 22.0 Å². The van der Waals surface area contributed by atoms with Gasteiger partial charge in [0.15, 0.2) is 5.78 Å². The SMILES string of the molecule is O=C(CBr)C1=CC=[C+]C=C1. The van der Waals surface area contributed by atoms with Crippen molar-refractivity contribution in [2.45, 2.75) is 0 Å². The van der Waals surface area contributed by atoms with E-state index in [4.69, 9.17) is 0 Å². The lowest BCUT2D eigenvalue weighted by atomic mass is 10.1. The van der Waals surface area contributed by atoms with Gasteiger partial charge in [-0.05, 0) is 0 Å². The molecule has 0 saturated carbocycles. The average Bonchev–Trinajstić information content (AvgIpc) is 2.05. The summed E-state index contributed by atoms with van der Waals surface area (Å²) >= 11 is 3.09. The number of carbonyl (C=O) groups excluding carboxylic acids is 1. The van der Waals surface area contributed by atoms with Crippen LogP contribution in [0.4, 0.5) is 0 Å². The summed E-state index contributed by atoms with van der Waals surface area (Å²) in [5.74, 6) is 0.106. The molecule has 1 aliphatic carbocycles. The van der Waals surface area contributed by atoms with E-state index in [0.717, 1.165) is 5.57 Å². The molecule has 2 heteroatoms. The third-order valence-electron chi connectivity index (χ3n) is 1.16. The minimum Gasteiger partial charge on any atom is -0.291 e. The van der Waals surface area contributed by atoms with Gasteiger partial charge in [0.25, 0.3) is 0 Å². The van der Waals surface area contributed by atoms with Crippen LogP contribution in [-0.2, 0) is 4.79 Å². The molecule has 1 rings (SSSR count). The van der Waals surface area contributed by atoms with Gasteiger partial charge in [0.05, 0.1) is 17.5 Å². The van der Waals surface area contributed by atoms with Crippen molar-refractivity contribution in [3.05, 3.63) is 36.0 Å². The molecule has 0 saturated heterocycles. The topological polar surface area (TPSA) is 17.1 Å². The predicted octanol–water partition coefficient (Wildman–Crippen LogP) is 1.81. The third kappa shape index (κ3) is 1.63. The van der Waals surface area contributed by atoms with Crippen LogP contribution in [-0.4, -0.2) is 11.1 Å². The van der Waals surface area contributed by atoms with Crippen molar-refractivity contribution in [1.29, 1.82) is 0 Å². The van der Waals surface area contributed by atoms with Crippen LogP contribution < -0.4 is 0 Å². The quantitative estimate of drug-likeness (QED) is 0.488. The molecule has 0 aromatic rings. The lowest BCUT2D eigenvalue weighted by molar-refractivity contribution is -0.112. The van der Waals surface area contributed by atoms with Gasteiger partial charge >= 0.3 is 0 Å². The fourth-order valence-corrected chi connectivity index (χ4v) is 0.974. The Bertz CT molecular complexity index is 223. The molecule has 1 nitrogen and oxygen atoms in total. The molecule has 0 atom stereocenters. The van der Waals surface area contributed by atoms with E-state index in [1.807, 2.05) is 0 Å². The lowest BCUT2D eigenvalue weighted by Gasteiger charge is -1.89. The van der Waals surface area contributed by atoms with Crippen LogP contribution >= 0.6 is 15.9 Å². The second-order valence-electron chi connectivity index (χ2n) is 1.85. The van der Waals surface area contributed by atoms with Crippen LogP contribution in [0, 0.1) is 6.08 Å². The van der Waals surface area contributed by atoms with Gasteiger partial charge in [-0.25, -0.2) is 0 Å². The van der Waals surface area contributed by atoms with Crippen LogP contribution in [0.5, 0.6) is 0 Å². The van der Waals surface area contributed by atoms with Gasteiger partial charge in [-0.15, -0.1) is 0 Å². The van der Waals surface area contributed by atoms with Gasteiger partial charge in [-0.1, -0.05) is 15.9 Å². The Morgan fingerprint density at radius 2 is 2.50 bits per heavy atom. The van der Waals surface area contributed by atoms with Crippen molar-refractivity contribution in [1.82, 2.24) is 0 Å². The van der Waals surface area contributed by atoms with E-state index >= 15 is 0 Å². The Hall–Kier alpha value is -0.720. The number of halogens is 1. The van der Waals surface area contributed by atoms with Crippen molar-refractivity contribution in [2.24, 2.45) is 0 Å². The Morgan fingerprint density at radius 1 is 1.70 bits per heavy atom. The molecule has 0 radical (unpaired) electrons. The van der Waals surface area contributed by atoms with Crippen LogP contribution in [0.1, 0.15) is 0 Å². The number of hydrogen-bond acceptors (Lipinski definition) is 1. The maximum Gasteiger partial charge on any atom is 0.199 e. The number of carbonyl (C=O) groups is 1. The van der Waals surface area contributed by atoms with E-state index in [1.165, 1.54) is 0 Å². The minimum absolute atomic E-state index is 0.106. The zero-order chi connectivity index (χ0) is 7.40. The number of hydrogen-bond donors (Lipinski definition) is 0. The Balaban J connectivity index is 2.74. The summed E-state index contributed by atoms with van der Waals surface area (Å²) in [4.78, 5) is 11.0. The van der Waals surface area contributed by atoms with Crippen LogP contribution in [0.25, 0.3) is 0 Å². The number of allylic oxidation sites excluding steroid dienone is 6. The molecule has 50 valence electrons. The zero-order valence-corrected chi connectivity index (χ0v) is 6.89. The van der Waals surface area contributed by atoms with Gasteiger partial charge < -0.3 is 0 Å². The second kappa shape index (κ2) is 3.45. The first-order valence-corrected chi connectivity index (χ1v) is 4.02. The highest BCUT2D eigenvalue weighted by atomic mass is 79.9. The first-order valence-electron chi connectivity index (χ1n) is 2.90. The first-order chi connectivity index (χ1) is 4.84. The van der Waals surface area contributed by atoms with Gasteiger partial charge in [0, 0.05) is 6.08 Å². The molecule has 0 aliphatic heterocycles. The highest BCUT2D eigenvalue weighted by Gasteiger charge is 2.10. The van der Waals surface area contributed by atoms with Crippen LogP contribution in [0.15, 0.2) is 29.9 Å². The minimum atomic E-state index is 0.106. The molecule has 0 aromatic heterocycles. The van der Waals surface area contributed by atoms with Gasteiger partial charge in [-0.3, -0.25) is 4.79 Å². The largest absolute Gasteiger partial charge is 0.291 e. The van der Waals surface area contributed by atoms with Crippen LogP contribution in [0.2, 0.25) is 0 Å². The van der Waals surface area contributed by atoms with E-state index in [-0.39, 0.29) is 5.78 Å². The molecule has 0 amide bonds. The van der Waals surface area contributed by atoms with Crippen molar-refractivity contribution >= 4 is 21.7 Å². The van der Waals surface area contributed by atoms with Crippen molar-refractivity contribution in [3.63, 3.8) is 0 Å². The second-order valence-corrected chi connectivity index (χ2v) is 2.41. The maximum atomic E-state index is 11.0. The third-order valence-corrected chi connectivity index (χ3v) is 1.67. The molecular formula is C8H6BrO+. The molecule has 0 N–H and O–H groups in total.